The molecule has 0 aliphatic rings. The van der Waals surface area contributed by atoms with Crippen LogP contribution in [0, 0.1) is 6.92 Å². The molecule has 0 radical (unpaired) electrons. The minimum atomic E-state index is -4.14. The number of nitrogens with zero attached hydrogens (tertiary/aromatic N) is 2. The summed E-state index contributed by atoms with van der Waals surface area (Å²) in [5.74, 6) is 0.479. The lowest BCUT2D eigenvalue weighted by Gasteiger charge is -2.10. The quantitative estimate of drug-likeness (QED) is 0.770. The molecular weight excluding hydrogens is 247 g/mol. The minimum Gasteiger partial charge on any atom is -0.385 e. The van der Waals surface area contributed by atoms with Crippen molar-refractivity contribution < 1.29 is 17.9 Å². The summed E-state index contributed by atoms with van der Waals surface area (Å²) >= 11 is 0. The van der Waals surface area contributed by atoms with Crippen molar-refractivity contribution in [3.8, 4) is 0 Å². The maximum Gasteiger partial charge on any atom is 0.390 e. The van der Waals surface area contributed by atoms with Crippen LogP contribution in [0.25, 0.3) is 0 Å². The number of rotatable bonds is 7. The first-order valence-corrected chi connectivity index (χ1v) is 5.75. The van der Waals surface area contributed by atoms with Crippen molar-refractivity contribution in [2.45, 2.75) is 32.5 Å². The Hall–Kier alpha value is -1.24. The molecule has 104 valence electrons. The zero-order chi connectivity index (χ0) is 13.6. The molecule has 1 N–H and O–H groups in total. The topological polar surface area (TPSA) is 39.1 Å². The van der Waals surface area contributed by atoms with Gasteiger partial charge in [0.15, 0.2) is 0 Å². The standard InChI is InChI=1S/C11H18F3N3O/c1-9-8-17(6-3-7-18-2)10(16-9)15-5-4-11(12,13)14/h8H,3-7H2,1-2H3,(H,15,16). The average molecular weight is 265 g/mol. The molecule has 7 heteroatoms. The van der Waals surface area contributed by atoms with Gasteiger partial charge in [0.25, 0.3) is 0 Å². The van der Waals surface area contributed by atoms with E-state index in [-0.39, 0.29) is 6.54 Å². The van der Waals surface area contributed by atoms with Crippen LogP contribution in [0.3, 0.4) is 0 Å². The van der Waals surface area contributed by atoms with Gasteiger partial charge in [-0.15, -0.1) is 0 Å². The molecule has 0 saturated heterocycles. The van der Waals surface area contributed by atoms with Crippen LogP contribution in [-0.4, -0.2) is 36.0 Å². The van der Waals surface area contributed by atoms with Crippen LogP contribution in [0.15, 0.2) is 6.20 Å². The lowest BCUT2D eigenvalue weighted by Crippen LogP contribution is -2.16. The van der Waals surface area contributed by atoms with Gasteiger partial charge in [-0.05, 0) is 13.3 Å². The van der Waals surface area contributed by atoms with E-state index >= 15 is 0 Å². The number of ether oxygens (including phenoxy) is 1. The number of hydrogen-bond acceptors (Lipinski definition) is 3. The van der Waals surface area contributed by atoms with Gasteiger partial charge in [0.1, 0.15) is 0 Å². The molecule has 0 bridgehead atoms. The van der Waals surface area contributed by atoms with Crippen molar-refractivity contribution >= 4 is 5.95 Å². The van der Waals surface area contributed by atoms with Crippen molar-refractivity contribution in [3.05, 3.63) is 11.9 Å². The molecule has 1 rings (SSSR count). The zero-order valence-electron chi connectivity index (χ0n) is 10.5. The first kappa shape index (κ1) is 14.8. The average Bonchev–Trinajstić information content (AvgIpc) is 2.58. The zero-order valence-corrected chi connectivity index (χ0v) is 10.5. The van der Waals surface area contributed by atoms with Crippen LogP contribution in [0.2, 0.25) is 0 Å². The predicted octanol–water partition coefficient (Wildman–Crippen LogP) is 2.59. The predicted molar refractivity (Wildman–Crippen MR) is 62.6 cm³/mol. The third-order valence-electron chi connectivity index (χ3n) is 2.34. The molecule has 0 atom stereocenters. The molecular formula is C11H18F3N3O. The smallest absolute Gasteiger partial charge is 0.385 e. The van der Waals surface area contributed by atoms with Crippen LogP contribution in [-0.2, 0) is 11.3 Å². The second-order valence-electron chi connectivity index (χ2n) is 4.04. The number of nitrogens with one attached hydrogen (secondary N) is 1. The van der Waals surface area contributed by atoms with Crippen molar-refractivity contribution in [2.24, 2.45) is 0 Å². The first-order chi connectivity index (χ1) is 8.42. The van der Waals surface area contributed by atoms with E-state index in [1.165, 1.54) is 0 Å². The summed E-state index contributed by atoms with van der Waals surface area (Å²) in [7, 11) is 1.61. The van der Waals surface area contributed by atoms with E-state index < -0.39 is 12.6 Å². The Labute approximate surface area is 104 Å². The highest BCUT2D eigenvalue weighted by Crippen LogP contribution is 2.19. The summed E-state index contributed by atoms with van der Waals surface area (Å²) in [6.07, 6.45) is -2.40. The number of hydrogen-bond donors (Lipinski definition) is 1. The molecule has 4 nitrogen and oxygen atoms in total. The van der Waals surface area contributed by atoms with Gasteiger partial charge in [-0.2, -0.15) is 13.2 Å². The van der Waals surface area contributed by atoms with Crippen LogP contribution < -0.4 is 5.32 Å². The van der Waals surface area contributed by atoms with E-state index in [4.69, 9.17) is 4.74 Å². The number of methoxy groups -OCH3 is 1. The summed E-state index contributed by atoms with van der Waals surface area (Å²) in [6.45, 7) is 2.92. The lowest BCUT2D eigenvalue weighted by molar-refractivity contribution is -0.131. The Morgan fingerprint density at radius 1 is 1.44 bits per heavy atom. The van der Waals surface area contributed by atoms with Gasteiger partial charge >= 0.3 is 6.18 Å². The van der Waals surface area contributed by atoms with E-state index in [1.54, 1.807) is 7.11 Å². The van der Waals surface area contributed by atoms with Crippen LogP contribution in [0.5, 0.6) is 0 Å². The van der Waals surface area contributed by atoms with Gasteiger partial charge in [-0.3, -0.25) is 0 Å². The summed E-state index contributed by atoms with van der Waals surface area (Å²) in [6, 6.07) is 0. The molecule has 0 aliphatic carbocycles. The Morgan fingerprint density at radius 3 is 2.78 bits per heavy atom. The van der Waals surface area contributed by atoms with Gasteiger partial charge < -0.3 is 14.6 Å². The van der Waals surface area contributed by atoms with Crippen LogP contribution in [0.4, 0.5) is 19.1 Å². The highest BCUT2D eigenvalue weighted by atomic mass is 19.4. The lowest BCUT2D eigenvalue weighted by atomic mass is 10.4. The number of aryl methyl sites for hydroxylation is 2. The molecule has 0 saturated carbocycles. The number of aromatic nitrogens is 2. The summed E-state index contributed by atoms with van der Waals surface area (Å²) in [4.78, 5) is 4.15. The summed E-state index contributed by atoms with van der Waals surface area (Å²) in [5, 5.41) is 2.71. The monoisotopic (exact) mass is 265 g/mol. The van der Waals surface area contributed by atoms with Gasteiger partial charge in [-0.1, -0.05) is 0 Å². The third kappa shape index (κ3) is 5.39. The van der Waals surface area contributed by atoms with Gasteiger partial charge in [0.05, 0.1) is 12.1 Å². The van der Waals surface area contributed by atoms with E-state index in [1.807, 2.05) is 17.7 Å². The molecule has 1 heterocycles. The van der Waals surface area contributed by atoms with Crippen molar-refractivity contribution in [1.29, 1.82) is 0 Å². The SMILES string of the molecule is COCCCn1cc(C)nc1NCCC(F)(F)F. The normalized spacial score (nSPS) is 11.8. The second-order valence-corrected chi connectivity index (χ2v) is 4.04. The molecule has 18 heavy (non-hydrogen) atoms. The Kier molecular flexibility index (Phi) is 5.46. The molecule has 0 fully saturated rings. The highest BCUT2D eigenvalue weighted by Gasteiger charge is 2.26. The van der Waals surface area contributed by atoms with E-state index in [0.29, 0.717) is 19.1 Å². The van der Waals surface area contributed by atoms with Crippen molar-refractivity contribution in [3.63, 3.8) is 0 Å². The number of imidazole rings is 1. The molecule has 0 aromatic carbocycles. The maximum absolute atomic E-state index is 12.0. The summed E-state index contributed by atoms with van der Waals surface area (Å²) < 4.78 is 42.8. The molecule has 1 aromatic rings. The third-order valence-corrected chi connectivity index (χ3v) is 2.34. The minimum absolute atomic E-state index is 0.162. The first-order valence-electron chi connectivity index (χ1n) is 5.75. The molecule has 0 unspecified atom stereocenters. The summed E-state index contributed by atoms with van der Waals surface area (Å²) in [5.41, 5.74) is 0.780. The molecule has 0 aliphatic heterocycles. The van der Waals surface area contributed by atoms with Crippen LogP contribution >= 0.6 is 0 Å². The van der Waals surface area contributed by atoms with Crippen molar-refractivity contribution in [1.82, 2.24) is 9.55 Å². The molecule has 0 spiro atoms. The van der Waals surface area contributed by atoms with Gasteiger partial charge in [-0.25, -0.2) is 4.98 Å². The maximum atomic E-state index is 12.0. The van der Waals surface area contributed by atoms with E-state index in [0.717, 1.165) is 12.1 Å². The van der Waals surface area contributed by atoms with Crippen molar-refractivity contribution in [2.75, 3.05) is 25.6 Å². The van der Waals surface area contributed by atoms with E-state index in [2.05, 4.69) is 10.3 Å². The number of anilines is 1. The number of alkyl halides is 3. The second kappa shape index (κ2) is 6.63. The Morgan fingerprint density at radius 2 is 2.17 bits per heavy atom. The van der Waals surface area contributed by atoms with Gasteiger partial charge in [0.2, 0.25) is 5.95 Å². The van der Waals surface area contributed by atoms with Gasteiger partial charge in [0, 0.05) is 33.0 Å². The number of halogens is 3. The molecule has 1 aromatic heterocycles. The Bertz CT molecular complexity index is 363. The van der Waals surface area contributed by atoms with E-state index in [9.17, 15) is 13.2 Å². The molecule has 0 amide bonds. The fourth-order valence-electron chi connectivity index (χ4n) is 1.55. The van der Waals surface area contributed by atoms with Crippen LogP contribution in [0.1, 0.15) is 18.5 Å². The fourth-order valence-corrected chi connectivity index (χ4v) is 1.55. The highest BCUT2D eigenvalue weighted by molar-refractivity contribution is 5.28. The Balaban J connectivity index is 2.48. The fraction of sp³-hybridized carbons (Fsp3) is 0.727. The largest absolute Gasteiger partial charge is 0.390 e.